The van der Waals surface area contributed by atoms with Gasteiger partial charge in [-0.2, -0.15) is 5.26 Å². The Labute approximate surface area is 226 Å². The molecule has 2 unspecified atom stereocenters. The van der Waals surface area contributed by atoms with Crippen molar-refractivity contribution in [3.8, 4) is 6.07 Å². The molecule has 5 atom stereocenters. The van der Waals surface area contributed by atoms with Crippen molar-refractivity contribution in [1.29, 1.82) is 5.26 Å². The van der Waals surface area contributed by atoms with Gasteiger partial charge in [0.15, 0.2) is 0 Å². The van der Waals surface area contributed by atoms with Crippen molar-refractivity contribution < 1.29 is 23.8 Å². The van der Waals surface area contributed by atoms with Crippen LogP contribution >= 0.6 is 23.2 Å². The largest absolute Gasteiger partial charge is 0.394 e. The number of urea groups is 1. The topological polar surface area (TPSA) is 96.6 Å². The van der Waals surface area contributed by atoms with Crippen LogP contribution in [0, 0.1) is 34.4 Å². The Hall–Kier alpha value is -2.18. The number of carbonyl (C=O) groups is 1. The van der Waals surface area contributed by atoms with Crippen LogP contribution in [0.1, 0.15) is 45.6 Å². The van der Waals surface area contributed by atoms with E-state index in [-0.39, 0.29) is 47.0 Å². The number of halogens is 4. The van der Waals surface area contributed by atoms with Crippen molar-refractivity contribution in [1.82, 2.24) is 10.2 Å². The van der Waals surface area contributed by atoms with Gasteiger partial charge in [-0.1, -0.05) is 56.1 Å². The van der Waals surface area contributed by atoms with Gasteiger partial charge in [0.25, 0.3) is 0 Å². The monoisotopic (exact) mass is 555 g/mol. The third kappa shape index (κ3) is 6.12. The number of hydrogen-bond donors (Lipinski definition) is 3. The number of hydrogen-bond acceptors (Lipinski definition) is 4. The summed E-state index contributed by atoms with van der Waals surface area (Å²) in [5.74, 6) is -2.88. The van der Waals surface area contributed by atoms with E-state index >= 15 is 8.78 Å². The Morgan fingerprint density at radius 2 is 2.05 bits per heavy atom. The van der Waals surface area contributed by atoms with Crippen LogP contribution in [0.4, 0.5) is 13.6 Å². The lowest BCUT2D eigenvalue weighted by atomic mass is 9.62. The number of rotatable bonds is 7. The van der Waals surface area contributed by atoms with Crippen LogP contribution in [0.25, 0.3) is 0 Å². The van der Waals surface area contributed by atoms with Crippen molar-refractivity contribution >= 4 is 29.2 Å². The highest BCUT2D eigenvalue weighted by atomic mass is 35.5. The number of nitrogens with zero attached hydrogens (tertiary/aromatic N) is 2. The van der Waals surface area contributed by atoms with Crippen molar-refractivity contribution in [2.75, 3.05) is 19.7 Å². The molecule has 0 aromatic heterocycles. The average Bonchev–Trinajstić information content (AvgIpc) is 3.13. The summed E-state index contributed by atoms with van der Waals surface area (Å²) < 4.78 is 31.2. The molecule has 10 heteroatoms. The smallest absolute Gasteiger partial charge is 0.317 e. The molecule has 1 aromatic rings. The number of benzene rings is 1. The van der Waals surface area contributed by atoms with Gasteiger partial charge in [0.1, 0.15) is 17.1 Å². The summed E-state index contributed by atoms with van der Waals surface area (Å²) >= 11 is 12.2. The number of nitriles is 1. The maximum atomic E-state index is 15.6. The van der Waals surface area contributed by atoms with Gasteiger partial charge in [-0.15, -0.1) is 0 Å². The molecule has 202 valence electrons. The van der Waals surface area contributed by atoms with Crippen LogP contribution < -0.4 is 5.32 Å². The predicted octanol–water partition coefficient (Wildman–Crippen LogP) is 5.43. The second-order valence-electron chi connectivity index (χ2n) is 11.0. The summed E-state index contributed by atoms with van der Waals surface area (Å²) in [6.45, 7) is 5.64. The molecule has 1 saturated heterocycles. The Balaban J connectivity index is 2.19. The molecule has 1 heterocycles. The van der Waals surface area contributed by atoms with E-state index in [1.807, 2.05) is 20.8 Å². The second-order valence-corrected chi connectivity index (χ2v) is 11.8. The molecule has 1 fully saturated rings. The molecule has 37 heavy (non-hydrogen) atoms. The Kier molecular flexibility index (Phi) is 9.28. The normalized spacial score (nSPS) is 26.8. The van der Waals surface area contributed by atoms with E-state index in [2.05, 4.69) is 11.4 Å². The molecule has 0 radical (unpaired) electrons. The van der Waals surface area contributed by atoms with Crippen LogP contribution in [-0.4, -0.2) is 53.0 Å². The quantitative estimate of drug-likeness (QED) is 0.418. The summed E-state index contributed by atoms with van der Waals surface area (Å²) in [5.41, 5.74) is -1.84. The number of aliphatic hydroxyl groups excluding tert-OH is 2. The Morgan fingerprint density at radius 1 is 1.35 bits per heavy atom. The van der Waals surface area contributed by atoms with Gasteiger partial charge in [-0.05, 0) is 42.9 Å². The van der Waals surface area contributed by atoms with Crippen LogP contribution in [0.5, 0.6) is 0 Å². The van der Waals surface area contributed by atoms with Gasteiger partial charge in [0, 0.05) is 35.5 Å². The first kappa shape index (κ1) is 29.4. The molecular formula is C27H33Cl2F2N3O3. The average molecular weight is 556 g/mol. The highest BCUT2D eigenvalue weighted by Crippen LogP contribution is 2.54. The number of allylic oxidation sites excluding steroid dienone is 3. The first-order valence-electron chi connectivity index (χ1n) is 12.3. The number of carbonyl (C=O) groups excluding carboxylic acids is 1. The summed E-state index contributed by atoms with van der Waals surface area (Å²) in [7, 11) is 0. The first-order chi connectivity index (χ1) is 17.4. The Bertz CT molecular complexity index is 1120. The lowest BCUT2D eigenvalue weighted by Crippen LogP contribution is -2.53. The molecule has 0 bridgehead atoms. The van der Waals surface area contributed by atoms with Crippen molar-refractivity contribution in [3.05, 3.63) is 57.6 Å². The minimum Gasteiger partial charge on any atom is -0.394 e. The van der Waals surface area contributed by atoms with E-state index in [9.17, 15) is 15.2 Å². The van der Waals surface area contributed by atoms with Crippen LogP contribution in [0.3, 0.4) is 0 Å². The molecule has 3 rings (SSSR count). The van der Waals surface area contributed by atoms with Gasteiger partial charge < -0.3 is 20.4 Å². The molecule has 1 aromatic carbocycles. The SMILES string of the molecule is CC(C)(C)C[C@@H]1CN(C(=O)NCCC(O)CO)[C@H](C2CC=CC(Cl)=C2F)[C@@]1(C#N)c1ccc(Cl)cc1F. The first-order valence-corrected chi connectivity index (χ1v) is 13.0. The number of nitrogens with one attached hydrogen (secondary N) is 1. The summed E-state index contributed by atoms with van der Waals surface area (Å²) in [4.78, 5) is 14.9. The molecule has 1 aliphatic carbocycles. The van der Waals surface area contributed by atoms with Crippen molar-refractivity contribution in [2.24, 2.45) is 17.3 Å². The van der Waals surface area contributed by atoms with Crippen LogP contribution in [-0.2, 0) is 5.41 Å². The fourth-order valence-electron chi connectivity index (χ4n) is 5.60. The van der Waals surface area contributed by atoms with E-state index in [0.29, 0.717) is 6.42 Å². The van der Waals surface area contributed by atoms with E-state index in [1.54, 1.807) is 6.08 Å². The van der Waals surface area contributed by atoms with Crippen molar-refractivity contribution in [3.63, 3.8) is 0 Å². The zero-order chi connectivity index (χ0) is 27.5. The Morgan fingerprint density at radius 3 is 2.65 bits per heavy atom. The highest BCUT2D eigenvalue weighted by molar-refractivity contribution is 6.31. The molecule has 0 saturated carbocycles. The number of aliphatic hydroxyl groups is 2. The molecule has 0 spiro atoms. The molecule has 3 N–H and O–H groups in total. The minimum atomic E-state index is -1.60. The second kappa shape index (κ2) is 11.7. The standard InChI is InChI=1S/C27H33Cl2F2N3O3/c1-26(2,3)12-16-13-34(25(37)33-10-9-18(36)14-35)24(19-5-4-6-21(29)23(19)31)27(16,15-32)20-8-7-17(28)11-22(20)30/h4,6-8,11,16,18-19,24,35-36H,5,9-10,12-14H2,1-3H3,(H,33,37)/t16-,18?,19?,24-,27-/m1/s1. The van der Waals surface area contributed by atoms with Crippen LogP contribution in [0.15, 0.2) is 41.2 Å². The van der Waals surface area contributed by atoms with Crippen molar-refractivity contribution in [2.45, 2.75) is 57.6 Å². The zero-order valence-electron chi connectivity index (χ0n) is 21.1. The third-order valence-corrected chi connectivity index (χ3v) is 7.64. The molecular weight excluding hydrogens is 523 g/mol. The van der Waals surface area contributed by atoms with E-state index in [4.69, 9.17) is 28.3 Å². The van der Waals surface area contributed by atoms with Gasteiger partial charge in [-0.25, -0.2) is 13.6 Å². The number of likely N-dealkylation sites (tertiary alicyclic amines) is 1. The lowest BCUT2D eigenvalue weighted by molar-refractivity contribution is 0.0879. The van der Waals surface area contributed by atoms with Crippen LogP contribution in [0.2, 0.25) is 5.02 Å². The predicted molar refractivity (Wildman–Crippen MR) is 139 cm³/mol. The molecule has 2 amide bonds. The maximum absolute atomic E-state index is 15.6. The lowest BCUT2D eigenvalue weighted by Gasteiger charge is -2.41. The van der Waals surface area contributed by atoms with Gasteiger partial charge in [0.2, 0.25) is 0 Å². The summed E-state index contributed by atoms with van der Waals surface area (Å²) in [5, 5.41) is 32.3. The third-order valence-electron chi connectivity index (χ3n) is 7.10. The zero-order valence-corrected chi connectivity index (χ0v) is 22.7. The summed E-state index contributed by atoms with van der Waals surface area (Å²) in [6.07, 6.45) is 2.84. The van der Waals surface area contributed by atoms with Gasteiger partial charge >= 0.3 is 6.03 Å². The molecule has 6 nitrogen and oxygen atoms in total. The number of amides is 2. The highest BCUT2D eigenvalue weighted by Gasteiger charge is 2.61. The van der Waals surface area contributed by atoms with E-state index < -0.39 is 53.7 Å². The fraction of sp³-hybridized carbons (Fsp3) is 0.556. The fourth-order valence-corrected chi connectivity index (χ4v) is 5.99. The van der Waals surface area contributed by atoms with Gasteiger partial charge in [-0.3, -0.25) is 0 Å². The van der Waals surface area contributed by atoms with E-state index in [0.717, 1.165) is 6.07 Å². The molecule has 2 aliphatic rings. The maximum Gasteiger partial charge on any atom is 0.317 e. The van der Waals surface area contributed by atoms with E-state index in [1.165, 1.54) is 23.1 Å². The van der Waals surface area contributed by atoms with Gasteiger partial charge in [0.05, 0.1) is 29.9 Å². The minimum absolute atomic E-state index is 0.0478. The molecule has 1 aliphatic heterocycles. The summed E-state index contributed by atoms with van der Waals surface area (Å²) in [6, 6.07) is 4.76.